The Kier molecular flexibility index (Phi) is 6.96. The van der Waals surface area contributed by atoms with Crippen molar-refractivity contribution in [1.82, 2.24) is 0 Å². The van der Waals surface area contributed by atoms with Crippen LogP contribution in [0.15, 0.2) is 218 Å². The van der Waals surface area contributed by atoms with Crippen LogP contribution in [0.1, 0.15) is 102 Å². The van der Waals surface area contributed by atoms with Gasteiger partial charge in [-0.1, -0.05) is 218 Å². The Morgan fingerprint density at radius 2 is 0.303 bits per heavy atom. The van der Waals surface area contributed by atoms with Gasteiger partial charge in [-0.3, -0.25) is 0 Å². The maximum Gasteiger partial charge on any atom is 0.0218 e. The van der Waals surface area contributed by atoms with Crippen LogP contribution < -0.4 is 0 Å². The molecule has 16 rings (SSSR count). The Balaban J connectivity index is 1.09. The highest BCUT2D eigenvalue weighted by Gasteiger charge is 2.53. The molecule has 0 heterocycles. The molecule has 0 N–H and O–H groups in total. The van der Waals surface area contributed by atoms with E-state index in [0.717, 1.165) is 0 Å². The molecule has 0 aliphatic heterocycles. The fourth-order valence-corrected chi connectivity index (χ4v) is 14.8. The van der Waals surface area contributed by atoms with Crippen LogP contribution in [0.2, 0.25) is 0 Å². The first kappa shape index (κ1) is 35.5. The lowest BCUT2D eigenvalue weighted by Gasteiger charge is -2.31. The molecule has 6 aliphatic carbocycles. The van der Waals surface area contributed by atoms with Gasteiger partial charge in [-0.15, -0.1) is 0 Å². The Morgan fingerprint density at radius 3 is 0.500 bits per heavy atom. The molecule has 306 valence electrons. The van der Waals surface area contributed by atoms with E-state index in [2.05, 4.69) is 218 Å². The SMILES string of the molecule is c1ccc2c(c1)-c1ccccc1C2[C@@H]1c2ccccc2-c2c1c1c(c3c2[C@H](C2c4ccccc4-c4ccccc42)c2ccccc2-3)[C@H](C2c3ccccc3-c3ccccc32)c2ccccc2-1. The van der Waals surface area contributed by atoms with E-state index in [0.29, 0.717) is 0 Å². The molecule has 0 fully saturated rings. The lowest BCUT2D eigenvalue weighted by molar-refractivity contribution is 0.705. The van der Waals surface area contributed by atoms with E-state index in [1.54, 1.807) is 0 Å². The predicted octanol–water partition coefficient (Wildman–Crippen LogP) is 16.5. The lowest BCUT2D eigenvalue weighted by Crippen LogP contribution is -2.15. The second-order valence-corrected chi connectivity index (χ2v) is 19.5. The number of hydrogen-bond donors (Lipinski definition) is 0. The van der Waals surface area contributed by atoms with Crippen LogP contribution >= 0.6 is 0 Å². The van der Waals surface area contributed by atoms with Gasteiger partial charge in [0.25, 0.3) is 0 Å². The summed E-state index contributed by atoms with van der Waals surface area (Å²) in [6.07, 6.45) is 0. The van der Waals surface area contributed by atoms with Crippen molar-refractivity contribution in [2.24, 2.45) is 0 Å². The molecular formula is C66H42. The van der Waals surface area contributed by atoms with Gasteiger partial charge in [-0.05, 0) is 134 Å². The summed E-state index contributed by atoms with van der Waals surface area (Å²) in [5, 5.41) is 0. The van der Waals surface area contributed by atoms with E-state index in [9.17, 15) is 0 Å². The van der Waals surface area contributed by atoms with Gasteiger partial charge in [0.1, 0.15) is 0 Å². The molecule has 6 aliphatic rings. The number of fused-ring (bicyclic) bond motifs is 21. The number of hydrogen-bond acceptors (Lipinski definition) is 0. The molecule has 0 spiro atoms. The molecule has 0 saturated carbocycles. The zero-order chi connectivity index (χ0) is 42.8. The average Bonchev–Trinajstić information content (AvgIpc) is 4.21. The van der Waals surface area contributed by atoms with Crippen LogP contribution in [0.5, 0.6) is 0 Å². The summed E-state index contributed by atoms with van der Waals surface area (Å²) in [7, 11) is 0. The lowest BCUT2D eigenvalue weighted by atomic mass is 9.71. The number of benzene rings is 10. The third-order valence-corrected chi connectivity index (χ3v) is 16.9. The summed E-state index contributed by atoms with van der Waals surface area (Å²) in [6, 6.07) is 84.6. The highest BCUT2D eigenvalue weighted by Crippen LogP contribution is 2.72. The third-order valence-electron chi connectivity index (χ3n) is 16.9. The van der Waals surface area contributed by atoms with Crippen molar-refractivity contribution in [3.8, 4) is 66.8 Å². The second kappa shape index (κ2) is 12.9. The Bertz CT molecular complexity index is 3220. The number of rotatable bonds is 3. The van der Waals surface area contributed by atoms with Crippen LogP contribution in [-0.2, 0) is 0 Å². The minimum atomic E-state index is 0.113. The molecule has 0 heteroatoms. The maximum atomic E-state index is 2.49. The first-order valence-corrected chi connectivity index (χ1v) is 23.9. The Morgan fingerprint density at radius 1 is 0.152 bits per heavy atom. The first-order chi connectivity index (χ1) is 32.8. The molecule has 0 saturated heterocycles. The molecular weight excluding hydrogens is 793 g/mol. The maximum absolute atomic E-state index is 2.49. The highest BCUT2D eigenvalue weighted by molar-refractivity contribution is 6.05. The summed E-state index contributed by atoms with van der Waals surface area (Å²) in [6.45, 7) is 0. The smallest absolute Gasteiger partial charge is 0.0218 e. The largest absolute Gasteiger partial charge is 0.0619 e. The summed E-state index contributed by atoms with van der Waals surface area (Å²) < 4.78 is 0. The van der Waals surface area contributed by atoms with Crippen molar-refractivity contribution in [3.05, 3.63) is 285 Å². The third kappa shape index (κ3) is 4.32. The van der Waals surface area contributed by atoms with Crippen molar-refractivity contribution >= 4 is 0 Å². The van der Waals surface area contributed by atoms with E-state index in [1.807, 2.05) is 0 Å². The van der Waals surface area contributed by atoms with Gasteiger partial charge in [0.15, 0.2) is 0 Å². The minimum Gasteiger partial charge on any atom is -0.0619 e. The molecule has 66 heavy (non-hydrogen) atoms. The van der Waals surface area contributed by atoms with Gasteiger partial charge in [0.05, 0.1) is 0 Å². The molecule has 0 radical (unpaired) electrons. The zero-order valence-corrected chi connectivity index (χ0v) is 36.2. The Hall–Kier alpha value is -7.80. The van der Waals surface area contributed by atoms with E-state index in [-0.39, 0.29) is 35.5 Å². The monoisotopic (exact) mass is 834 g/mol. The molecule has 0 aromatic heterocycles. The summed E-state index contributed by atoms with van der Waals surface area (Å²) in [5.74, 6) is 0.830. The average molecular weight is 835 g/mol. The van der Waals surface area contributed by atoms with Crippen molar-refractivity contribution < 1.29 is 0 Å². The van der Waals surface area contributed by atoms with Crippen LogP contribution in [0, 0.1) is 0 Å². The van der Waals surface area contributed by atoms with Crippen molar-refractivity contribution in [3.63, 3.8) is 0 Å². The Labute approximate surface area is 385 Å². The predicted molar refractivity (Wildman–Crippen MR) is 269 cm³/mol. The fourth-order valence-electron chi connectivity index (χ4n) is 14.8. The summed E-state index contributed by atoms with van der Waals surface area (Å²) in [4.78, 5) is 0. The van der Waals surface area contributed by atoms with Crippen molar-refractivity contribution in [1.29, 1.82) is 0 Å². The molecule has 0 bridgehead atoms. The van der Waals surface area contributed by atoms with Gasteiger partial charge in [0, 0.05) is 35.5 Å². The van der Waals surface area contributed by atoms with Crippen LogP contribution in [-0.4, -0.2) is 0 Å². The molecule has 10 aromatic carbocycles. The second-order valence-electron chi connectivity index (χ2n) is 19.5. The minimum absolute atomic E-state index is 0.113. The molecule has 3 atom stereocenters. The standard InChI is InChI=1S/C66H42/c1-7-25-43-37(19-1)38-20-2-8-26-44(38)55(43)58-49-31-13-16-34-52(49)61-64(58)62-53-35-17-14-32-50(53)59(56-45-27-9-3-21-39(45)40-22-4-10-28-46(40)56)66(62)63-54-36-18-15-33-51(54)60(65(61)63)57-47-29-11-5-23-41(47)42-24-6-12-30-48(42)57/h1-36,55-60H/t58-,59-,60-/m0/s1. The summed E-state index contributed by atoms with van der Waals surface area (Å²) in [5.41, 5.74) is 34.6. The topological polar surface area (TPSA) is 0 Å². The molecule has 0 amide bonds. The molecule has 0 unspecified atom stereocenters. The van der Waals surface area contributed by atoms with Crippen LogP contribution in [0.4, 0.5) is 0 Å². The van der Waals surface area contributed by atoms with E-state index in [4.69, 9.17) is 0 Å². The van der Waals surface area contributed by atoms with Gasteiger partial charge >= 0.3 is 0 Å². The van der Waals surface area contributed by atoms with E-state index < -0.39 is 0 Å². The van der Waals surface area contributed by atoms with E-state index in [1.165, 1.54) is 134 Å². The molecule has 0 nitrogen and oxygen atoms in total. The zero-order valence-electron chi connectivity index (χ0n) is 36.2. The van der Waals surface area contributed by atoms with E-state index >= 15 is 0 Å². The van der Waals surface area contributed by atoms with Gasteiger partial charge in [-0.2, -0.15) is 0 Å². The van der Waals surface area contributed by atoms with Gasteiger partial charge in [0.2, 0.25) is 0 Å². The normalized spacial score (nSPS) is 18.3. The van der Waals surface area contributed by atoms with Crippen LogP contribution in [0.3, 0.4) is 0 Å². The van der Waals surface area contributed by atoms with Crippen molar-refractivity contribution in [2.75, 3.05) is 0 Å². The first-order valence-electron chi connectivity index (χ1n) is 23.9. The fraction of sp³-hybridized carbons (Fsp3) is 0.0909. The van der Waals surface area contributed by atoms with Gasteiger partial charge in [-0.25, -0.2) is 0 Å². The highest BCUT2D eigenvalue weighted by atomic mass is 14.6. The van der Waals surface area contributed by atoms with Gasteiger partial charge < -0.3 is 0 Å². The molecule has 10 aromatic rings. The van der Waals surface area contributed by atoms with Crippen molar-refractivity contribution in [2.45, 2.75) is 35.5 Å². The quantitative estimate of drug-likeness (QED) is 0.166. The summed E-state index contributed by atoms with van der Waals surface area (Å²) >= 11 is 0. The van der Waals surface area contributed by atoms with Crippen LogP contribution in [0.25, 0.3) is 66.8 Å².